The van der Waals surface area contributed by atoms with Crippen LogP contribution >= 0.6 is 0 Å². The van der Waals surface area contributed by atoms with Crippen molar-refractivity contribution >= 4 is 11.7 Å². The number of likely N-dealkylation sites (tertiary alicyclic amines) is 1. The van der Waals surface area contributed by atoms with E-state index in [4.69, 9.17) is 10.5 Å². The second kappa shape index (κ2) is 8.83. The van der Waals surface area contributed by atoms with Gasteiger partial charge >= 0.3 is 0 Å². The average Bonchev–Trinajstić information content (AvgIpc) is 2.61. The molecule has 0 spiro atoms. The number of ether oxygens (including phenoxy) is 1. The Morgan fingerprint density at radius 3 is 2.38 bits per heavy atom. The van der Waals surface area contributed by atoms with E-state index in [-0.39, 0.29) is 17.7 Å². The molecule has 0 bridgehead atoms. The van der Waals surface area contributed by atoms with E-state index in [2.05, 4.69) is 0 Å². The van der Waals surface area contributed by atoms with Crippen molar-refractivity contribution in [2.45, 2.75) is 45.1 Å². The SMILES string of the molecule is COc1ccc(C(=O)CCCC(=O)N2CCC(C(C)N)CC2)cc1. The Bertz CT molecular complexity index is 546. The maximum Gasteiger partial charge on any atom is 0.222 e. The standard InChI is InChI=1S/C19H28N2O3/c1-14(20)15-10-12-21(13-11-15)19(23)5-3-4-18(22)16-6-8-17(24-2)9-7-16/h6-9,14-15H,3-5,10-13,20H2,1-2H3. The molecule has 1 aliphatic rings. The third kappa shape index (κ3) is 5.06. The summed E-state index contributed by atoms with van der Waals surface area (Å²) in [4.78, 5) is 26.3. The number of carbonyl (C=O) groups is 2. The van der Waals surface area contributed by atoms with Gasteiger partial charge in [-0.2, -0.15) is 0 Å². The van der Waals surface area contributed by atoms with Crippen LogP contribution in [0.3, 0.4) is 0 Å². The normalized spacial score (nSPS) is 16.7. The van der Waals surface area contributed by atoms with Gasteiger partial charge in [-0.15, -0.1) is 0 Å². The lowest BCUT2D eigenvalue weighted by molar-refractivity contribution is -0.132. The first-order valence-electron chi connectivity index (χ1n) is 8.72. The molecular formula is C19H28N2O3. The third-order valence-electron chi connectivity index (χ3n) is 4.84. The minimum Gasteiger partial charge on any atom is -0.497 e. The van der Waals surface area contributed by atoms with Gasteiger partial charge in [-0.1, -0.05) is 0 Å². The molecule has 0 radical (unpaired) electrons. The van der Waals surface area contributed by atoms with Crippen LogP contribution in [0.5, 0.6) is 5.75 Å². The number of methoxy groups -OCH3 is 1. The molecule has 1 aromatic carbocycles. The highest BCUT2D eigenvalue weighted by atomic mass is 16.5. The van der Waals surface area contributed by atoms with Crippen molar-refractivity contribution in [2.75, 3.05) is 20.2 Å². The fraction of sp³-hybridized carbons (Fsp3) is 0.579. The lowest BCUT2D eigenvalue weighted by Crippen LogP contribution is -2.42. The molecule has 5 nitrogen and oxygen atoms in total. The Balaban J connectivity index is 1.71. The van der Waals surface area contributed by atoms with Gasteiger partial charge in [0.15, 0.2) is 5.78 Å². The number of ketones is 1. The van der Waals surface area contributed by atoms with Crippen LogP contribution in [0.2, 0.25) is 0 Å². The molecule has 1 amide bonds. The quantitative estimate of drug-likeness (QED) is 0.779. The largest absolute Gasteiger partial charge is 0.497 e. The number of nitrogens with zero attached hydrogens (tertiary/aromatic N) is 1. The zero-order chi connectivity index (χ0) is 17.5. The van der Waals surface area contributed by atoms with Crippen molar-refractivity contribution in [1.82, 2.24) is 4.90 Å². The highest BCUT2D eigenvalue weighted by Gasteiger charge is 2.24. The maximum absolute atomic E-state index is 12.2. The van der Waals surface area contributed by atoms with Crippen molar-refractivity contribution in [2.24, 2.45) is 11.7 Å². The first kappa shape index (κ1) is 18.5. The van der Waals surface area contributed by atoms with Crippen LogP contribution in [0.4, 0.5) is 0 Å². The maximum atomic E-state index is 12.2. The predicted octanol–water partition coefficient (Wildman–Crippen LogP) is 2.63. The van der Waals surface area contributed by atoms with Gasteiger partial charge in [-0.25, -0.2) is 0 Å². The van der Waals surface area contributed by atoms with Crippen LogP contribution in [0.25, 0.3) is 0 Å². The highest BCUT2D eigenvalue weighted by molar-refractivity contribution is 5.96. The summed E-state index contributed by atoms with van der Waals surface area (Å²) in [5, 5.41) is 0. The summed E-state index contributed by atoms with van der Waals surface area (Å²) in [5.41, 5.74) is 6.59. The number of hydrogen-bond donors (Lipinski definition) is 1. The Morgan fingerprint density at radius 2 is 1.83 bits per heavy atom. The summed E-state index contributed by atoms with van der Waals surface area (Å²) in [7, 11) is 1.60. The summed E-state index contributed by atoms with van der Waals surface area (Å²) >= 11 is 0. The van der Waals surface area contributed by atoms with Crippen LogP contribution in [-0.4, -0.2) is 42.8 Å². The second-order valence-electron chi connectivity index (χ2n) is 6.58. The predicted molar refractivity (Wildman–Crippen MR) is 94.1 cm³/mol. The molecule has 1 aliphatic heterocycles. The van der Waals surface area contributed by atoms with Gasteiger partial charge in [0.05, 0.1) is 7.11 Å². The van der Waals surface area contributed by atoms with Crippen molar-refractivity contribution in [3.05, 3.63) is 29.8 Å². The zero-order valence-corrected chi connectivity index (χ0v) is 14.7. The molecule has 0 saturated carbocycles. The van der Waals surface area contributed by atoms with E-state index in [0.717, 1.165) is 31.7 Å². The summed E-state index contributed by atoms with van der Waals surface area (Å²) in [6.07, 6.45) is 3.39. The number of rotatable bonds is 7. The van der Waals surface area contributed by atoms with Crippen LogP contribution in [0.1, 0.15) is 49.4 Å². The summed E-state index contributed by atoms with van der Waals surface area (Å²) in [6.45, 7) is 3.61. The molecule has 24 heavy (non-hydrogen) atoms. The number of amides is 1. The fourth-order valence-corrected chi connectivity index (χ4v) is 3.15. The molecule has 5 heteroatoms. The molecular weight excluding hydrogens is 304 g/mol. The third-order valence-corrected chi connectivity index (χ3v) is 4.84. The van der Waals surface area contributed by atoms with Gasteiger partial charge in [0.2, 0.25) is 5.91 Å². The van der Waals surface area contributed by atoms with E-state index in [9.17, 15) is 9.59 Å². The summed E-state index contributed by atoms with van der Waals surface area (Å²) in [6, 6.07) is 7.29. The van der Waals surface area contributed by atoms with Crippen molar-refractivity contribution in [1.29, 1.82) is 0 Å². The Hall–Kier alpha value is -1.88. The molecule has 0 aliphatic carbocycles. The number of piperidine rings is 1. The molecule has 2 N–H and O–H groups in total. The van der Waals surface area contributed by atoms with E-state index in [1.807, 2.05) is 11.8 Å². The Morgan fingerprint density at radius 1 is 1.21 bits per heavy atom. The summed E-state index contributed by atoms with van der Waals surface area (Å²) < 4.78 is 5.08. The van der Waals surface area contributed by atoms with Gasteiger partial charge in [-0.05, 0) is 56.4 Å². The van der Waals surface area contributed by atoms with Crippen molar-refractivity contribution in [3.63, 3.8) is 0 Å². The van der Waals surface area contributed by atoms with Gasteiger partial charge < -0.3 is 15.4 Å². The van der Waals surface area contributed by atoms with E-state index in [1.54, 1.807) is 31.4 Å². The van der Waals surface area contributed by atoms with Crippen molar-refractivity contribution < 1.29 is 14.3 Å². The average molecular weight is 332 g/mol. The molecule has 132 valence electrons. The van der Waals surface area contributed by atoms with E-state index in [0.29, 0.717) is 30.7 Å². The van der Waals surface area contributed by atoms with E-state index in [1.165, 1.54) is 0 Å². The van der Waals surface area contributed by atoms with Gasteiger partial charge in [-0.3, -0.25) is 9.59 Å². The number of carbonyl (C=O) groups excluding carboxylic acids is 2. The molecule has 1 atom stereocenters. The highest BCUT2D eigenvalue weighted by Crippen LogP contribution is 2.20. The monoisotopic (exact) mass is 332 g/mol. The molecule has 1 aromatic rings. The van der Waals surface area contributed by atoms with Crippen molar-refractivity contribution in [3.8, 4) is 5.75 Å². The Labute approximate surface area is 144 Å². The lowest BCUT2D eigenvalue weighted by atomic mass is 9.91. The zero-order valence-electron chi connectivity index (χ0n) is 14.7. The van der Waals surface area contributed by atoms with Crippen LogP contribution in [0, 0.1) is 5.92 Å². The molecule has 2 rings (SSSR count). The molecule has 1 heterocycles. The lowest BCUT2D eigenvalue weighted by Gasteiger charge is -2.33. The number of Topliss-reactive ketones (excluding diaryl/α,β-unsaturated/α-hetero) is 1. The number of benzene rings is 1. The second-order valence-corrected chi connectivity index (χ2v) is 6.58. The summed E-state index contributed by atoms with van der Waals surface area (Å²) in [5.74, 6) is 1.48. The fourth-order valence-electron chi connectivity index (χ4n) is 3.15. The minimum atomic E-state index is 0.0705. The molecule has 1 saturated heterocycles. The van der Waals surface area contributed by atoms with Crippen LogP contribution in [-0.2, 0) is 4.79 Å². The van der Waals surface area contributed by atoms with Crippen LogP contribution in [0.15, 0.2) is 24.3 Å². The van der Waals surface area contributed by atoms with E-state index < -0.39 is 0 Å². The number of nitrogens with two attached hydrogens (primary N) is 1. The van der Waals surface area contributed by atoms with Gasteiger partial charge in [0, 0.05) is 37.5 Å². The minimum absolute atomic E-state index is 0.0705. The van der Waals surface area contributed by atoms with E-state index >= 15 is 0 Å². The Kier molecular flexibility index (Phi) is 6.79. The van der Waals surface area contributed by atoms with Crippen LogP contribution < -0.4 is 10.5 Å². The molecule has 1 unspecified atom stereocenters. The smallest absolute Gasteiger partial charge is 0.222 e. The first-order valence-corrected chi connectivity index (χ1v) is 8.72. The van der Waals surface area contributed by atoms with Gasteiger partial charge in [0.25, 0.3) is 0 Å². The first-order chi connectivity index (χ1) is 11.5. The number of hydrogen-bond acceptors (Lipinski definition) is 4. The molecule has 0 aromatic heterocycles. The topological polar surface area (TPSA) is 72.6 Å². The molecule has 1 fully saturated rings. The van der Waals surface area contributed by atoms with Gasteiger partial charge in [0.1, 0.15) is 5.75 Å².